The molecule has 36 heavy (non-hydrogen) atoms. The Morgan fingerprint density at radius 1 is 0.972 bits per heavy atom. The Morgan fingerprint density at radius 2 is 1.69 bits per heavy atom. The number of nitrogens with zero attached hydrogens (tertiary/aromatic N) is 3. The monoisotopic (exact) mass is 497 g/mol. The maximum absolute atomic E-state index is 13.4. The first-order valence-electron chi connectivity index (χ1n) is 12.6. The molecule has 4 rings (SSSR count). The molecule has 0 bridgehead atoms. The smallest absolute Gasteiger partial charge is 0.227 e. The molecule has 0 unspecified atom stereocenters. The molecule has 2 saturated heterocycles. The predicted octanol–water partition coefficient (Wildman–Crippen LogP) is 3.15. The van der Waals surface area contributed by atoms with Crippen LogP contribution in [-0.2, 0) is 16.0 Å². The molecule has 2 aromatic carbocycles. The number of amides is 2. The Morgan fingerprint density at radius 3 is 2.39 bits per heavy atom. The molecule has 2 aliphatic heterocycles. The molecule has 2 aliphatic rings. The van der Waals surface area contributed by atoms with Gasteiger partial charge in [-0.1, -0.05) is 17.7 Å². The number of hydrogen-bond acceptors (Lipinski definition) is 5. The highest BCUT2D eigenvalue weighted by molar-refractivity contribution is 5.80. The van der Waals surface area contributed by atoms with Crippen molar-refractivity contribution in [2.45, 2.75) is 32.3 Å². The largest absolute Gasteiger partial charge is 0.496 e. The van der Waals surface area contributed by atoms with E-state index < -0.39 is 0 Å². The van der Waals surface area contributed by atoms with Crippen LogP contribution >= 0.6 is 0 Å². The number of carbonyl (C=O) groups excluding carboxylic acids is 2. The SMILES string of the molecule is COc1ccc(C)cc1CC(=O)N1CC[C@H](Oc2ccc(F)cc2)[C@@H](CC(=O)N2CCN(C)CC2)C1. The molecule has 2 atom stereocenters. The molecule has 0 radical (unpaired) electrons. The third-order valence-electron chi connectivity index (χ3n) is 7.19. The molecule has 2 fully saturated rings. The first-order valence-corrected chi connectivity index (χ1v) is 12.6. The summed E-state index contributed by atoms with van der Waals surface area (Å²) in [6.45, 7) is 6.11. The molecular weight excluding hydrogens is 461 g/mol. The van der Waals surface area contributed by atoms with Gasteiger partial charge in [0.15, 0.2) is 0 Å². The van der Waals surface area contributed by atoms with Gasteiger partial charge in [-0.25, -0.2) is 4.39 Å². The van der Waals surface area contributed by atoms with Gasteiger partial charge in [0.1, 0.15) is 23.4 Å². The molecular formula is C28H36FN3O4. The fourth-order valence-corrected chi connectivity index (χ4v) is 5.01. The third-order valence-corrected chi connectivity index (χ3v) is 7.19. The van der Waals surface area contributed by atoms with E-state index in [-0.39, 0.29) is 36.1 Å². The minimum absolute atomic E-state index is 0.0104. The summed E-state index contributed by atoms with van der Waals surface area (Å²) in [6, 6.07) is 11.8. The van der Waals surface area contributed by atoms with Gasteiger partial charge in [-0.2, -0.15) is 0 Å². The maximum atomic E-state index is 13.4. The lowest BCUT2D eigenvalue weighted by Gasteiger charge is -2.40. The summed E-state index contributed by atoms with van der Waals surface area (Å²) < 4.78 is 25.1. The lowest BCUT2D eigenvalue weighted by atomic mass is 9.90. The van der Waals surface area contributed by atoms with Crippen molar-refractivity contribution in [2.75, 3.05) is 53.4 Å². The Kier molecular flexibility index (Phi) is 8.46. The van der Waals surface area contributed by atoms with Crippen LogP contribution in [0, 0.1) is 18.7 Å². The Bertz CT molecular complexity index is 1050. The third kappa shape index (κ3) is 6.55. The van der Waals surface area contributed by atoms with Gasteiger partial charge in [0.25, 0.3) is 0 Å². The van der Waals surface area contributed by atoms with E-state index in [0.717, 1.165) is 24.2 Å². The lowest BCUT2D eigenvalue weighted by Crippen LogP contribution is -2.52. The van der Waals surface area contributed by atoms with Crippen LogP contribution in [-0.4, -0.2) is 86.0 Å². The molecule has 0 spiro atoms. The van der Waals surface area contributed by atoms with E-state index in [4.69, 9.17) is 9.47 Å². The number of carbonyl (C=O) groups is 2. The average molecular weight is 498 g/mol. The van der Waals surface area contributed by atoms with Crippen molar-refractivity contribution in [2.24, 2.45) is 5.92 Å². The molecule has 2 heterocycles. The summed E-state index contributed by atoms with van der Waals surface area (Å²) in [5, 5.41) is 0. The van der Waals surface area contributed by atoms with Gasteiger partial charge in [0, 0.05) is 63.6 Å². The number of rotatable bonds is 7. The van der Waals surface area contributed by atoms with Crippen LogP contribution in [0.4, 0.5) is 4.39 Å². The second kappa shape index (κ2) is 11.7. The number of benzene rings is 2. The van der Waals surface area contributed by atoms with Crippen molar-refractivity contribution in [3.8, 4) is 11.5 Å². The van der Waals surface area contributed by atoms with Crippen molar-refractivity contribution >= 4 is 11.8 Å². The minimum atomic E-state index is -0.323. The molecule has 0 aliphatic carbocycles. The molecule has 194 valence electrons. The molecule has 2 amide bonds. The number of piperidine rings is 1. The number of halogens is 1. The Balaban J connectivity index is 1.46. The number of likely N-dealkylation sites (N-methyl/N-ethyl adjacent to an activating group) is 1. The van der Waals surface area contributed by atoms with Gasteiger partial charge in [0.05, 0.1) is 13.5 Å². The van der Waals surface area contributed by atoms with Crippen LogP contribution < -0.4 is 9.47 Å². The average Bonchev–Trinajstić information content (AvgIpc) is 2.87. The number of likely N-dealkylation sites (tertiary alicyclic amines) is 1. The number of methoxy groups -OCH3 is 1. The first-order chi connectivity index (χ1) is 17.3. The van der Waals surface area contributed by atoms with Crippen molar-refractivity contribution in [1.29, 1.82) is 0 Å². The summed E-state index contributed by atoms with van der Waals surface area (Å²) in [5.74, 6) is 0.898. The Hall–Kier alpha value is -3.13. The summed E-state index contributed by atoms with van der Waals surface area (Å²) >= 11 is 0. The molecule has 0 aromatic heterocycles. The van der Waals surface area contributed by atoms with E-state index in [0.29, 0.717) is 50.5 Å². The number of hydrogen-bond donors (Lipinski definition) is 0. The van der Waals surface area contributed by atoms with Gasteiger partial charge < -0.3 is 24.2 Å². The normalized spacial score (nSPS) is 20.8. The van der Waals surface area contributed by atoms with E-state index in [9.17, 15) is 14.0 Å². The highest BCUT2D eigenvalue weighted by Gasteiger charge is 2.36. The van der Waals surface area contributed by atoms with Gasteiger partial charge >= 0.3 is 0 Å². The standard InChI is InChI=1S/C28H36FN3O4/c1-20-4-9-25(35-3)21(16-20)17-28(34)32-11-10-26(36-24-7-5-23(29)6-8-24)22(19-32)18-27(33)31-14-12-30(2)13-15-31/h4-9,16,22,26H,10-15,17-19H2,1-3H3/t22-,26-/m0/s1. The second-order valence-electron chi connectivity index (χ2n) is 9.88. The summed E-state index contributed by atoms with van der Waals surface area (Å²) in [4.78, 5) is 32.5. The predicted molar refractivity (Wildman–Crippen MR) is 136 cm³/mol. The van der Waals surface area contributed by atoms with E-state index in [1.807, 2.05) is 34.9 Å². The van der Waals surface area contributed by atoms with Crippen molar-refractivity contribution in [3.05, 3.63) is 59.4 Å². The first kappa shape index (κ1) is 25.9. The van der Waals surface area contributed by atoms with Gasteiger partial charge in [-0.3, -0.25) is 9.59 Å². The zero-order valence-corrected chi connectivity index (χ0v) is 21.4. The van der Waals surface area contributed by atoms with Crippen LogP contribution in [0.5, 0.6) is 11.5 Å². The van der Waals surface area contributed by atoms with E-state index >= 15 is 0 Å². The number of piperazine rings is 1. The summed E-state index contributed by atoms with van der Waals surface area (Å²) in [7, 11) is 3.67. The number of aryl methyl sites for hydroxylation is 1. The fraction of sp³-hybridized carbons (Fsp3) is 0.500. The second-order valence-corrected chi connectivity index (χ2v) is 9.88. The van der Waals surface area contributed by atoms with Crippen LogP contribution in [0.1, 0.15) is 24.0 Å². The molecule has 8 heteroatoms. The van der Waals surface area contributed by atoms with Crippen molar-refractivity contribution in [1.82, 2.24) is 14.7 Å². The molecule has 2 aromatic rings. The number of ether oxygens (including phenoxy) is 2. The minimum Gasteiger partial charge on any atom is -0.496 e. The zero-order chi connectivity index (χ0) is 25.7. The van der Waals surface area contributed by atoms with Gasteiger partial charge in [-0.05, 0) is 44.3 Å². The fourth-order valence-electron chi connectivity index (χ4n) is 5.01. The van der Waals surface area contributed by atoms with E-state index in [1.165, 1.54) is 12.1 Å². The summed E-state index contributed by atoms with van der Waals surface area (Å²) in [6.07, 6.45) is 0.930. The molecule has 0 N–H and O–H groups in total. The molecule has 7 nitrogen and oxygen atoms in total. The zero-order valence-electron chi connectivity index (χ0n) is 21.4. The Labute approximate surface area is 212 Å². The van der Waals surface area contributed by atoms with Crippen molar-refractivity contribution < 1.29 is 23.5 Å². The maximum Gasteiger partial charge on any atom is 0.227 e. The summed E-state index contributed by atoms with van der Waals surface area (Å²) in [5.41, 5.74) is 1.93. The topological polar surface area (TPSA) is 62.3 Å². The van der Waals surface area contributed by atoms with Crippen LogP contribution in [0.15, 0.2) is 42.5 Å². The van der Waals surface area contributed by atoms with Gasteiger partial charge in [0.2, 0.25) is 11.8 Å². The van der Waals surface area contributed by atoms with Crippen LogP contribution in [0.3, 0.4) is 0 Å². The van der Waals surface area contributed by atoms with Crippen molar-refractivity contribution in [3.63, 3.8) is 0 Å². The van der Waals surface area contributed by atoms with Crippen LogP contribution in [0.2, 0.25) is 0 Å². The highest BCUT2D eigenvalue weighted by atomic mass is 19.1. The van der Waals surface area contributed by atoms with E-state index in [1.54, 1.807) is 19.2 Å². The van der Waals surface area contributed by atoms with Crippen LogP contribution in [0.25, 0.3) is 0 Å². The van der Waals surface area contributed by atoms with Gasteiger partial charge in [-0.15, -0.1) is 0 Å². The lowest BCUT2D eigenvalue weighted by molar-refractivity contribution is -0.139. The molecule has 0 saturated carbocycles. The van der Waals surface area contributed by atoms with E-state index in [2.05, 4.69) is 11.9 Å². The highest BCUT2D eigenvalue weighted by Crippen LogP contribution is 2.28. The quantitative estimate of drug-likeness (QED) is 0.588.